The fraction of sp³-hybridized carbons (Fsp3) is 1.00. The molecule has 1 saturated heterocycles. The van der Waals surface area contributed by atoms with Crippen LogP contribution < -0.4 is 5.32 Å². The fourth-order valence-electron chi connectivity index (χ4n) is 3.77. The van der Waals surface area contributed by atoms with Crippen molar-refractivity contribution in [1.82, 2.24) is 10.2 Å². The predicted molar refractivity (Wildman–Crippen MR) is 74.3 cm³/mol. The van der Waals surface area contributed by atoms with Gasteiger partial charge in [-0.3, -0.25) is 4.90 Å². The third kappa shape index (κ3) is 3.03. The minimum atomic E-state index is 0.319. The Morgan fingerprint density at radius 3 is 2.35 bits per heavy atom. The number of piperazine rings is 1. The zero-order valence-electron chi connectivity index (χ0n) is 12.1. The van der Waals surface area contributed by atoms with Gasteiger partial charge < -0.3 is 5.32 Å². The summed E-state index contributed by atoms with van der Waals surface area (Å²) in [6, 6.07) is 1.41. The van der Waals surface area contributed by atoms with E-state index in [1.807, 2.05) is 0 Å². The molecule has 1 saturated carbocycles. The monoisotopic (exact) mass is 238 g/mol. The molecular formula is C15H30N2. The number of nitrogens with zero attached hydrogens (tertiary/aromatic N) is 1. The molecule has 2 rings (SSSR count). The molecule has 0 aromatic heterocycles. The van der Waals surface area contributed by atoms with Crippen molar-refractivity contribution in [3.05, 3.63) is 0 Å². The van der Waals surface area contributed by atoms with Crippen LogP contribution in [0.5, 0.6) is 0 Å². The van der Waals surface area contributed by atoms with E-state index in [0.29, 0.717) is 11.6 Å². The van der Waals surface area contributed by atoms with Crippen molar-refractivity contribution >= 4 is 0 Å². The molecular weight excluding hydrogens is 208 g/mol. The van der Waals surface area contributed by atoms with Gasteiger partial charge in [-0.2, -0.15) is 0 Å². The van der Waals surface area contributed by atoms with Crippen molar-refractivity contribution in [2.45, 2.75) is 77.4 Å². The van der Waals surface area contributed by atoms with Crippen molar-refractivity contribution in [2.75, 3.05) is 13.1 Å². The molecule has 17 heavy (non-hydrogen) atoms. The number of nitrogens with one attached hydrogen (secondary N) is 1. The highest BCUT2D eigenvalue weighted by molar-refractivity contribution is 4.96. The molecule has 100 valence electrons. The van der Waals surface area contributed by atoms with E-state index < -0.39 is 0 Å². The predicted octanol–water partition coefficient (Wildman–Crippen LogP) is 3.03. The van der Waals surface area contributed by atoms with Gasteiger partial charge in [-0.25, -0.2) is 0 Å². The molecule has 0 aromatic carbocycles. The lowest BCUT2D eigenvalue weighted by atomic mass is 9.81. The summed E-state index contributed by atoms with van der Waals surface area (Å²) in [5.74, 6) is 0.932. The van der Waals surface area contributed by atoms with Crippen LogP contribution in [0.4, 0.5) is 0 Å². The van der Waals surface area contributed by atoms with Gasteiger partial charge in [0.15, 0.2) is 0 Å². The summed E-state index contributed by atoms with van der Waals surface area (Å²) in [5, 5.41) is 3.82. The highest BCUT2D eigenvalue weighted by atomic mass is 15.3. The lowest BCUT2D eigenvalue weighted by Crippen LogP contribution is -2.65. The van der Waals surface area contributed by atoms with Gasteiger partial charge in [0.1, 0.15) is 0 Å². The Morgan fingerprint density at radius 2 is 1.76 bits per heavy atom. The summed E-state index contributed by atoms with van der Waals surface area (Å²) in [6.07, 6.45) is 7.26. The lowest BCUT2D eigenvalue weighted by Gasteiger charge is -2.50. The van der Waals surface area contributed by atoms with E-state index >= 15 is 0 Å². The third-order valence-corrected chi connectivity index (χ3v) is 4.81. The number of hydrogen-bond donors (Lipinski definition) is 1. The molecule has 1 aliphatic heterocycles. The van der Waals surface area contributed by atoms with Gasteiger partial charge in [0.25, 0.3) is 0 Å². The van der Waals surface area contributed by atoms with Gasteiger partial charge in [0, 0.05) is 30.7 Å². The Hall–Kier alpha value is -0.0800. The van der Waals surface area contributed by atoms with Gasteiger partial charge in [0.2, 0.25) is 0 Å². The van der Waals surface area contributed by atoms with E-state index in [2.05, 4.69) is 37.9 Å². The smallest absolute Gasteiger partial charge is 0.0281 e. The van der Waals surface area contributed by atoms with Crippen molar-refractivity contribution in [3.63, 3.8) is 0 Å². The van der Waals surface area contributed by atoms with Crippen molar-refractivity contribution in [2.24, 2.45) is 5.92 Å². The van der Waals surface area contributed by atoms with Crippen LogP contribution in [0.3, 0.4) is 0 Å². The first-order valence-corrected chi connectivity index (χ1v) is 7.51. The van der Waals surface area contributed by atoms with Crippen LogP contribution in [0.15, 0.2) is 0 Å². The van der Waals surface area contributed by atoms with E-state index in [4.69, 9.17) is 0 Å². The Bertz CT molecular complexity index is 241. The Morgan fingerprint density at radius 1 is 1.12 bits per heavy atom. The summed E-state index contributed by atoms with van der Waals surface area (Å²) in [4.78, 5) is 2.70. The van der Waals surface area contributed by atoms with Crippen molar-refractivity contribution in [3.8, 4) is 0 Å². The molecule has 1 unspecified atom stereocenters. The molecule has 1 heterocycles. The first-order chi connectivity index (χ1) is 8.00. The molecule has 2 nitrogen and oxygen atoms in total. The molecule has 0 amide bonds. The molecule has 0 radical (unpaired) electrons. The van der Waals surface area contributed by atoms with E-state index in [0.717, 1.165) is 18.5 Å². The molecule has 2 heteroatoms. The van der Waals surface area contributed by atoms with Crippen LogP contribution in [-0.2, 0) is 0 Å². The standard InChI is InChI=1S/C15H30N2/c1-12(2)17-10-14(16-11-15(17,3)4)13-8-6-5-7-9-13/h12-14,16H,5-11H2,1-4H3. The van der Waals surface area contributed by atoms with E-state index in [9.17, 15) is 0 Å². The zero-order valence-corrected chi connectivity index (χ0v) is 12.1. The van der Waals surface area contributed by atoms with Crippen molar-refractivity contribution in [1.29, 1.82) is 0 Å². The Labute approximate surface area is 107 Å². The quantitative estimate of drug-likeness (QED) is 0.795. The molecule has 1 N–H and O–H groups in total. The van der Waals surface area contributed by atoms with Crippen LogP contribution in [0.25, 0.3) is 0 Å². The minimum Gasteiger partial charge on any atom is -0.311 e. The summed E-state index contributed by atoms with van der Waals surface area (Å²) in [5.41, 5.74) is 0.319. The highest BCUT2D eigenvalue weighted by Crippen LogP contribution is 2.31. The van der Waals surface area contributed by atoms with Crippen LogP contribution in [0.2, 0.25) is 0 Å². The largest absolute Gasteiger partial charge is 0.311 e. The summed E-state index contributed by atoms with van der Waals surface area (Å²) in [7, 11) is 0. The van der Waals surface area contributed by atoms with Gasteiger partial charge >= 0.3 is 0 Å². The average Bonchev–Trinajstić information content (AvgIpc) is 2.29. The number of hydrogen-bond acceptors (Lipinski definition) is 2. The summed E-state index contributed by atoms with van der Waals surface area (Å²) >= 11 is 0. The highest BCUT2D eigenvalue weighted by Gasteiger charge is 2.38. The second-order valence-electron chi connectivity index (χ2n) is 6.94. The van der Waals surface area contributed by atoms with Gasteiger partial charge in [-0.15, -0.1) is 0 Å². The fourth-order valence-corrected chi connectivity index (χ4v) is 3.77. The SMILES string of the molecule is CC(C)N1CC(C2CCCCC2)NCC1(C)C. The molecule has 2 fully saturated rings. The average molecular weight is 238 g/mol. The van der Waals surface area contributed by atoms with Gasteiger partial charge in [0.05, 0.1) is 0 Å². The Balaban J connectivity index is 1.98. The molecule has 1 aliphatic carbocycles. The first kappa shape index (κ1) is 13.4. The maximum atomic E-state index is 3.82. The minimum absolute atomic E-state index is 0.319. The molecule has 0 aromatic rings. The summed E-state index contributed by atoms with van der Waals surface area (Å²) in [6.45, 7) is 11.8. The Kier molecular flexibility index (Phi) is 4.14. The molecule has 2 aliphatic rings. The van der Waals surface area contributed by atoms with Gasteiger partial charge in [-0.05, 0) is 46.5 Å². The van der Waals surface area contributed by atoms with Crippen LogP contribution in [0, 0.1) is 5.92 Å². The van der Waals surface area contributed by atoms with Crippen LogP contribution >= 0.6 is 0 Å². The number of rotatable bonds is 2. The molecule has 1 atom stereocenters. The maximum Gasteiger partial charge on any atom is 0.0281 e. The lowest BCUT2D eigenvalue weighted by molar-refractivity contribution is 0.0198. The third-order valence-electron chi connectivity index (χ3n) is 4.81. The molecule has 0 bridgehead atoms. The van der Waals surface area contributed by atoms with E-state index in [-0.39, 0.29) is 0 Å². The van der Waals surface area contributed by atoms with Crippen LogP contribution in [-0.4, -0.2) is 35.6 Å². The first-order valence-electron chi connectivity index (χ1n) is 7.51. The zero-order chi connectivity index (χ0) is 12.5. The maximum absolute atomic E-state index is 3.82. The van der Waals surface area contributed by atoms with E-state index in [1.165, 1.54) is 38.6 Å². The van der Waals surface area contributed by atoms with Crippen molar-refractivity contribution < 1.29 is 0 Å². The normalized spacial score (nSPS) is 31.9. The van der Waals surface area contributed by atoms with E-state index in [1.54, 1.807) is 0 Å². The second kappa shape index (κ2) is 5.27. The van der Waals surface area contributed by atoms with Gasteiger partial charge in [-0.1, -0.05) is 19.3 Å². The summed E-state index contributed by atoms with van der Waals surface area (Å²) < 4.78 is 0. The topological polar surface area (TPSA) is 15.3 Å². The second-order valence-corrected chi connectivity index (χ2v) is 6.94. The molecule has 0 spiro atoms. The van der Waals surface area contributed by atoms with Crippen LogP contribution in [0.1, 0.15) is 59.8 Å².